The highest BCUT2D eigenvalue weighted by Crippen LogP contribution is 2.35. The topological polar surface area (TPSA) is 78.5 Å². The molecule has 2 amide bonds. The Hall–Kier alpha value is -1.89. The number of hydrogen-bond donors (Lipinski definition) is 1. The van der Waals surface area contributed by atoms with Gasteiger partial charge in [0.15, 0.2) is 0 Å². The van der Waals surface area contributed by atoms with Crippen molar-refractivity contribution in [2.45, 2.75) is 56.9 Å². The van der Waals surface area contributed by atoms with Gasteiger partial charge in [0.25, 0.3) is 5.91 Å². The van der Waals surface area contributed by atoms with E-state index < -0.39 is 0 Å². The Morgan fingerprint density at radius 2 is 2.00 bits per heavy atom. The second-order valence-electron chi connectivity index (χ2n) is 8.19. The molecule has 1 aromatic rings. The van der Waals surface area contributed by atoms with Crippen LogP contribution in [0.3, 0.4) is 0 Å². The molecule has 0 unspecified atom stereocenters. The van der Waals surface area contributed by atoms with Crippen LogP contribution in [0.4, 0.5) is 0 Å². The normalized spacial score (nSPS) is 26.5. The Labute approximate surface area is 160 Å². The molecule has 2 atom stereocenters. The van der Waals surface area contributed by atoms with Crippen LogP contribution in [0.5, 0.6) is 0 Å². The van der Waals surface area contributed by atoms with Crippen LogP contribution in [0.1, 0.15) is 66.9 Å². The molecule has 1 saturated carbocycles. The van der Waals surface area contributed by atoms with E-state index in [1.165, 1.54) is 19.3 Å². The van der Waals surface area contributed by atoms with Gasteiger partial charge in [0.05, 0.1) is 30.0 Å². The minimum atomic E-state index is -0.0883. The van der Waals surface area contributed by atoms with Gasteiger partial charge in [-0.15, -0.1) is 0 Å². The lowest BCUT2D eigenvalue weighted by molar-refractivity contribution is -0.140. The maximum Gasteiger partial charge on any atom is 0.257 e. The zero-order chi connectivity index (χ0) is 18.8. The van der Waals surface area contributed by atoms with Crippen molar-refractivity contribution in [1.82, 2.24) is 20.0 Å². The maximum absolute atomic E-state index is 13.3. The predicted octanol–water partition coefficient (Wildman–Crippen LogP) is 2.17. The van der Waals surface area contributed by atoms with Crippen LogP contribution in [0.25, 0.3) is 0 Å². The van der Waals surface area contributed by atoms with Gasteiger partial charge in [0, 0.05) is 38.7 Å². The molecule has 7 heteroatoms. The van der Waals surface area contributed by atoms with Gasteiger partial charge in [-0.05, 0) is 25.7 Å². The Morgan fingerprint density at radius 1 is 1.19 bits per heavy atom. The summed E-state index contributed by atoms with van der Waals surface area (Å²) >= 11 is 0. The number of hydrogen-bond acceptors (Lipinski definition) is 4. The summed E-state index contributed by atoms with van der Waals surface area (Å²) < 4.78 is 5.17. The summed E-state index contributed by atoms with van der Waals surface area (Å²) in [6.07, 6.45) is 9.48. The summed E-state index contributed by atoms with van der Waals surface area (Å²) in [6, 6.07) is 0.0976. The van der Waals surface area contributed by atoms with Crippen molar-refractivity contribution < 1.29 is 14.3 Å². The molecule has 0 aromatic carbocycles. The second kappa shape index (κ2) is 8.00. The number of aromatic nitrogens is 2. The van der Waals surface area contributed by atoms with Crippen LogP contribution in [0, 0.1) is 5.92 Å². The van der Waals surface area contributed by atoms with Crippen LogP contribution in [0.15, 0.2) is 6.20 Å². The van der Waals surface area contributed by atoms with Gasteiger partial charge >= 0.3 is 0 Å². The van der Waals surface area contributed by atoms with Crippen LogP contribution in [-0.2, 0) is 9.53 Å². The van der Waals surface area contributed by atoms with Crippen molar-refractivity contribution >= 4 is 11.8 Å². The maximum atomic E-state index is 13.3. The van der Waals surface area contributed by atoms with Gasteiger partial charge in [0.2, 0.25) is 5.91 Å². The molecule has 3 aliphatic heterocycles. The van der Waals surface area contributed by atoms with E-state index in [1.807, 2.05) is 9.80 Å². The summed E-state index contributed by atoms with van der Waals surface area (Å²) in [4.78, 5) is 30.0. The van der Waals surface area contributed by atoms with Crippen molar-refractivity contribution in [3.05, 3.63) is 17.5 Å². The van der Waals surface area contributed by atoms with Gasteiger partial charge in [-0.1, -0.05) is 19.3 Å². The van der Waals surface area contributed by atoms with Crippen LogP contribution in [0.2, 0.25) is 0 Å². The zero-order valence-electron chi connectivity index (χ0n) is 16.2. The van der Waals surface area contributed by atoms with Crippen molar-refractivity contribution in [3.63, 3.8) is 0 Å². The molecule has 0 radical (unpaired) electrons. The first-order valence-electron chi connectivity index (χ1n) is 10.3. The molecule has 27 heavy (non-hydrogen) atoms. The van der Waals surface area contributed by atoms with Crippen LogP contribution >= 0.6 is 0 Å². The molecule has 148 valence electrons. The summed E-state index contributed by atoms with van der Waals surface area (Å²) in [5, 5.41) is 7.30. The summed E-state index contributed by atoms with van der Waals surface area (Å²) in [5.74, 6) is 0.527. The number of nitrogens with one attached hydrogen (secondary N) is 1. The lowest BCUT2D eigenvalue weighted by atomic mass is 9.85. The third kappa shape index (κ3) is 3.61. The molecule has 4 aliphatic rings. The molecule has 3 saturated heterocycles. The minimum Gasteiger partial charge on any atom is -0.383 e. The Balaban J connectivity index is 1.52. The number of piperidine rings is 1. The van der Waals surface area contributed by atoms with Gasteiger partial charge < -0.3 is 14.5 Å². The number of nitrogens with zero attached hydrogens (tertiary/aromatic N) is 3. The van der Waals surface area contributed by atoms with Crippen LogP contribution < -0.4 is 0 Å². The fourth-order valence-electron chi connectivity index (χ4n) is 5.03. The number of fused-ring (bicyclic) bond motifs is 4. The van der Waals surface area contributed by atoms with Crippen molar-refractivity contribution in [3.8, 4) is 0 Å². The smallest absolute Gasteiger partial charge is 0.257 e. The van der Waals surface area contributed by atoms with E-state index in [2.05, 4.69) is 10.2 Å². The molecule has 5 rings (SSSR count). The lowest BCUT2D eigenvalue weighted by Crippen LogP contribution is -2.49. The predicted molar refractivity (Wildman–Crippen MR) is 100 cm³/mol. The van der Waals surface area contributed by atoms with E-state index in [1.54, 1.807) is 13.3 Å². The number of aromatic amines is 1. The number of ether oxygens (including phenoxy) is 1. The Bertz CT molecular complexity index is 683. The fourth-order valence-corrected chi connectivity index (χ4v) is 5.03. The Kier molecular flexibility index (Phi) is 5.48. The highest BCUT2D eigenvalue weighted by molar-refractivity contribution is 5.96. The lowest BCUT2D eigenvalue weighted by Gasteiger charge is -2.35. The third-order valence-corrected chi connectivity index (χ3v) is 6.53. The van der Waals surface area contributed by atoms with E-state index in [0.717, 1.165) is 31.4 Å². The average Bonchev–Trinajstić information content (AvgIpc) is 3.03. The summed E-state index contributed by atoms with van der Waals surface area (Å²) in [5.41, 5.74) is 1.71. The SMILES string of the molecule is COCCN1C(=O)[C@@H]2CC[C@H]1CN(C(=O)c1cn[nH]c1C1CCCCC1)C2. The molecule has 4 heterocycles. The van der Waals surface area contributed by atoms with E-state index in [0.29, 0.717) is 37.7 Å². The quantitative estimate of drug-likeness (QED) is 0.857. The zero-order valence-corrected chi connectivity index (χ0v) is 16.2. The number of methoxy groups -OCH3 is 1. The average molecular weight is 374 g/mol. The van der Waals surface area contributed by atoms with Gasteiger partial charge in [-0.3, -0.25) is 14.7 Å². The van der Waals surface area contributed by atoms with Gasteiger partial charge in [-0.25, -0.2) is 0 Å². The molecule has 7 nitrogen and oxygen atoms in total. The first kappa shape index (κ1) is 18.5. The monoisotopic (exact) mass is 374 g/mol. The molecule has 1 aliphatic carbocycles. The molecule has 0 spiro atoms. The third-order valence-electron chi connectivity index (χ3n) is 6.53. The number of rotatable bonds is 5. The van der Waals surface area contributed by atoms with Gasteiger partial charge in [-0.2, -0.15) is 5.10 Å². The van der Waals surface area contributed by atoms with E-state index >= 15 is 0 Å². The summed E-state index contributed by atoms with van der Waals surface area (Å²) in [6.45, 7) is 2.28. The number of carbonyl (C=O) groups is 2. The Morgan fingerprint density at radius 3 is 2.78 bits per heavy atom. The van der Waals surface area contributed by atoms with Gasteiger partial charge in [0.1, 0.15) is 0 Å². The van der Waals surface area contributed by atoms with E-state index in [-0.39, 0.29) is 23.8 Å². The molecule has 4 fully saturated rings. The van der Waals surface area contributed by atoms with Crippen molar-refractivity contribution in [1.29, 1.82) is 0 Å². The largest absolute Gasteiger partial charge is 0.383 e. The molecular formula is C20H30N4O3. The second-order valence-corrected chi connectivity index (χ2v) is 8.19. The van der Waals surface area contributed by atoms with Crippen LogP contribution in [-0.4, -0.2) is 71.2 Å². The first-order valence-corrected chi connectivity index (χ1v) is 10.3. The van der Waals surface area contributed by atoms with E-state index in [4.69, 9.17) is 4.74 Å². The first-order chi connectivity index (χ1) is 13.2. The number of amides is 2. The van der Waals surface area contributed by atoms with Crippen molar-refractivity contribution in [2.24, 2.45) is 5.92 Å². The summed E-state index contributed by atoms with van der Waals surface area (Å²) in [7, 11) is 1.65. The highest BCUT2D eigenvalue weighted by atomic mass is 16.5. The minimum absolute atomic E-state index is 0.0302. The highest BCUT2D eigenvalue weighted by Gasteiger charge is 2.42. The molecule has 1 aromatic heterocycles. The van der Waals surface area contributed by atoms with E-state index in [9.17, 15) is 9.59 Å². The fraction of sp³-hybridized carbons (Fsp3) is 0.750. The molecular weight excluding hydrogens is 344 g/mol. The number of carbonyl (C=O) groups excluding carboxylic acids is 2. The van der Waals surface area contributed by atoms with Crippen molar-refractivity contribution in [2.75, 3.05) is 33.4 Å². The molecule has 1 N–H and O–H groups in total. The molecule has 2 bridgehead atoms. The standard InChI is InChI=1S/C20H30N4O3/c1-27-10-9-24-16-8-7-15(19(24)25)12-23(13-16)20(26)17-11-21-22-18(17)14-5-3-2-4-6-14/h11,14-16H,2-10,12-13H2,1H3,(H,21,22)/t15-,16+/m1/s1. The number of H-pyrrole nitrogens is 1.